The fourth-order valence-corrected chi connectivity index (χ4v) is 5.05. The van der Waals surface area contributed by atoms with Crippen molar-refractivity contribution in [3.8, 4) is 0 Å². The molecule has 0 spiro atoms. The summed E-state index contributed by atoms with van der Waals surface area (Å²) in [5.74, 6) is 3.98. The van der Waals surface area contributed by atoms with Crippen molar-refractivity contribution in [1.29, 1.82) is 0 Å². The van der Waals surface area contributed by atoms with Gasteiger partial charge in [0.15, 0.2) is 0 Å². The fraction of sp³-hybridized carbons (Fsp3) is 0.833. The summed E-state index contributed by atoms with van der Waals surface area (Å²) in [4.78, 5) is 0. The van der Waals surface area contributed by atoms with Gasteiger partial charge in [0.25, 0.3) is 0 Å². The molecule has 2 rings (SSSR count). The SMILES string of the molecule is C/C=C\C[C@H]1CC[C@H](CCCCC2CCCC(/C=C/CC)C2)CC1. The molecule has 0 aliphatic heterocycles. The molecular formula is C24H42. The molecule has 138 valence electrons. The van der Waals surface area contributed by atoms with Crippen LogP contribution in [0, 0.1) is 23.7 Å². The molecule has 0 aromatic carbocycles. The van der Waals surface area contributed by atoms with Crippen molar-refractivity contribution in [2.75, 3.05) is 0 Å². The minimum atomic E-state index is 0.899. The van der Waals surface area contributed by atoms with E-state index in [-0.39, 0.29) is 0 Å². The van der Waals surface area contributed by atoms with Crippen LogP contribution in [0.1, 0.15) is 104 Å². The van der Waals surface area contributed by atoms with Gasteiger partial charge in [0.05, 0.1) is 0 Å². The molecule has 24 heavy (non-hydrogen) atoms. The lowest BCUT2D eigenvalue weighted by Gasteiger charge is -2.29. The van der Waals surface area contributed by atoms with E-state index in [0.717, 1.165) is 23.7 Å². The highest BCUT2D eigenvalue weighted by atomic mass is 14.3. The third kappa shape index (κ3) is 7.58. The van der Waals surface area contributed by atoms with Gasteiger partial charge >= 0.3 is 0 Å². The second-order valence-corrected chi connectivity index (χ2v) is 8.61. The number of hydrogen-bond acceptors (Lipinski definition) is 0. The van der Waals surface area contributed by atoms with E-state index in [1.54, 1.807) is 0 Å². The average Bonchev–Trinajstić information content (AvgIpc) is 2.63. The van der Waals surface area contributed by atoms with Gasteiger partial charge in [-0.1, -0.05) is 82.6 Å². The van der Waals surface area contributed by atoms with Crippen molar-refractivity contribution in [3.05, 3.63) is 24.3 Å². The minimum absolute atomic E-state index is 0.899. The Labute approximate surface area is 152 Å². The molecule has 0 amide bonds. The molecular weight excluding hydrogens is 288 g/mol. The highest BCUT2D eigenvalue weighted by Crippen LogP contribution is 2.36. The summed E-state index contributed by atoms with van der Waals surface area (Å²) >= 11 is 0. The van der Waals surface area contributed by atoms with Crippen LogP contribution in [0.3, 0.4) is 0 Å². The molecule has 0 aromatic heterocycles. The molecule has 2 unspecified atom stereocenters. The first-order valence-electron chi connectivity index (χ1n) is 11.1. The van der Waals surface area contributed by atoms with Crippen LogP contribution >= 0.6 is 0 Å². The first-order valence-corrected chi connectivity index (χ1v) is 11.1. The monoisotopic (exact) mass is 330 g/mol. The smallest absolute Gasteiger partial charge is 0.0231 e. The summed E-state index contributed by atoms with van der Waals surface area (Å²) < 4.78 is 0. The highest BCUT2D eigenvalue weighted by molar-refractivity contribution is 4.91. The Hall–Kier alpha value is -0.520. The average molecular weight is 331 g/mol. The van der Waals surface area contributed by atoms with Crippen LogP contribution in [0.15, 0.2) is 24.3 Å². The van der Waals surface area contributed by atoms with Crippen LogP contribution in [0.25, 0.3) is 0 Å². The minimum Gasteiger partial charge on any atom is -0.0917 e. The molecule has 0 saturated heterocycles. The van der Waals surface area contributed by atoms with Crippen LogP contribution in [-0.2, 0) is 0 Å². The maximum atomic E-state index is 2.51. The van der Waals surface area contributed by atoms with Gasteiger partial charge in [-0.25, -0.2) is 0 Å². The molecule has 2 saturated carbocycles. The molecule has 0 bridgehead atoms. The molecule has 0 aromatic rings. The normalized spacial score (nSPS) is 31.9. The zero-order valence-corrected chi connectivity index (χ0v) is 16.5. The second-order valence-electron chi connectivity index (χ2n) is 8.61. The summed E-state index contributed by atoms with van der Waals surface area (Å²) in [6.45, 7) is 4.41. The Morgan fingerprint density at radius 2 is 1.50 bits per heavy atom. The number of rotatable bonds is 9. The molecule has 0 N–H and O–H groups in total. The van der Waals surface area contributed by atoms with E-state index in [1.807, 2.05) is 0 Å². The molecule has 2 aliphatic rings. The molecule has 2 atom stereocenters. The van der Waals surface area contributed by atoms with E-state index in [1.165, 1.54) is 89.9 Å². The maximum Gasteiger partial charge on any atom is -0.0231 e. The Bertz CT molecular complexity index is 356. The van der Waals surface area contributed by atoms with E-state index in [9.17, 15) is 0 Å². The van der Waals surface area contributed by atoms with Crippen LogP contribution in [0.2, 0.25) is 0 Å². The van der Waals surface area contributed by atoms with E-state index in [2.05, 4.69) is 38.2 Å². The summed E-state index contributed by atoms with van der Waals surface area (Å²) in [6, 6.07) is 0. The number of allylic oxidation sites excluding steroid dienone is 4. The zero-order valence-electron chi connectivity index (χ0n) is 16.5. The van der Waals surface area contributed by atoms with Crippen molar-refractivity contribution >= 4 is 0 Å². The predicted molar refractivity (Wildman–Crippen MR) is 108 cm³/mol. The molecule has 2 fully saturated rings. The quantitative estimate of drug-likeness (QED) is 0.296. The predicted octanol–water partition coefficient (Wildman–Crippen LogP) is 8.09. The van der Waals surface area contributed by atoms with Crippen LogP contribution < -0.4 is 0 Å². The van der Waals surface area contributed by atoms with Gasteiger partial charge in [-0.15, -0.1) is 0 Å². The molecule has 0 nitrogen and oxygen atoms in total. The third-order valence-electron chi connectivity index (χ3n) is 6.61. The van der Waals surface area contributed by atoms with Gasteiger partial charge in [-0.3, -0.25) is 0 Å². The largest absolute Gasteiger partial charge is 0.0917 e. The summed E-state index contributed by atoms with van der Waals surface area (Å²) in [5.41, 5.74) is 0. The third-order valence-corrected chi connectivity index (χ3v) is 6.61. The number of unbranched alkanes of at least 4 members (excludes halogenated alkanes) is 1. The molecule has 0 heterocycles. The molecule has 0 heteroatoms. The zero-order chi connectivity index (χ0) is 17.0. The summed E-state index contributed by atoms with van der Waals surface area (Å²) in [6.07, 6.45) is 29.9. The van der Waals surface area contributed by atoms with Gasteiger partial charge in [-0.2, -0.15) is 0 Å². The fourth-order valence-electron chi connectivity index (χ4n) is 5.05. The van der Waals surface area contributed by atoms with Gasteiger partial charge in [-0.05, 0) is 69.1 Å². The first kappa shape index (κ1) is 19.8. The molecule has 0 radical (unpaired) electrons. The lowest BCUT2D eigenvalue weighted by Crippen LogP contribution is -2.15. The second kappa shape index (κ2) is 11.9. The van der Waals surface area contributed by atoms with Crippen molar-refractivity contribution in [3.63, 3.8) is 0 Å². The number of hydrogen-bond donors (Lipinski definition) is 0. The van der Waals surface area contributed by atoms with Crippen molar-refractivity contribution in [1.82, 2.24) is 0 Å². The van der Waals surface area contributed by atoms with E-state index in [4.69, 9.17) is 0 Å². The van der Waals surface area contributed by atoms with E-state index in [0.29, 0.717) is 0 Å². The van der Waals surface area contributed by atoms with Crippen molar-refractivity contribution < 1.29 is 0 Å². The Morgan fingerprint density at radius 1 is 0.792 bits per heavy atom. The van der Waals surface area contributed by atoms with Crippen molar-refractivity contribution in [2.24, 2.45) is 23.7 Å². The highest BCUT2D eigenvalue weighted by Gasteiger charge is 2.21. The van der Waals surface area contributed by atoms with Crippen LogP contribution in [0.5, 0.6) is 0 Å². The maximum absolute atomic E-state index is 2.51. The Morgan fingerprint density at radius 3 is 2.21 bits per heavy atom. The first-order chi connectivity index (χ1) is 11.8. The van der Waals surface area contributed by atoms with E-state index >= 15 is 0 Å². The van der Waals surface area contributed by atoms with Crippen LogP contribution in [0.4, 0.5) is 0 Å². The standard InChI is InChI=1S/C24H42/c1-3-5-10-21-16-18-22(19-17-21)12-7-8-13-24-15-9-14-23(20-24)11-6-4-2/h3,5-6,11,21-24H,4,7-10,12-20H2,1-2H3/b5-3-,11-6+/t21-,22-,23?,24?. The van der Waals surface area contributed by atoms with E-state index < -0.39 is 0 Å². The van der Waals surface area contributed by atoms with Gasteiger partial charge in [0.1, 0.15) is 0 Å². The topological polar surface area (TPSA) is 0 Å². The van der Waals surface area contributed by atoms with Gasteiger partial charge in [0.2, 0.25) is 0 Å². The summed E-state index contributed by atoms with van der Waals surface area (Å²) in [7, 11) is 0. The van der Waals surface area contributed by atoms with Crippen LogP contribution in [-0.4, -0.2) is 0 Å². The molecule has 2 aliphatic carbocycles. The lowest BCUT2D eigenvalue weighted by molar-refractivity contribution is 0.250. The van der Waals surface area contributed by atoms with Gasteiger partial charge < -0.3 is 0 Å². The summed E-state index contributed by atoms with van der Waals surface area (Å²) in [5, 5.41) is 0. The Kier molecular flexibility index (Phi) is 9.85. The van der Waals surface area contributed by atoms with Crippen molar-refractivity contribution in [2.45, 2.75) is 104 Å². The lowest BCUT2D eigenvalue weighted by atomic mass is 9.77. The Balaban J connectivity index is 1.53. The van der Waals surface area contributed by atoms with Gasteiger partial charge in [0, 0.05) is 0 Å².